The molecule has 0 N–H and O–H groups in total. The number of piperazine rings is 1. The maximum absolute atomic E-state index is 13.9. The number of halogens is 1. The number of hydrogen-bond donors (Lipinski definition) is 0. The van der Waals surface area contributed by atoms with Crippen molar-refractivity contribution in [2.75, 3.05) is 36.6 Å². The van der Waals surface area contributed by atoms with Crippen LogP contribution in [0.1, 0.15) is 12.5 Å². The van der Waals surface area contributed by atoms with Gasteiger partial charge in [-0.3, -0.25) is 4.79 Å². The Labute approximate surface area is 173 Å². The van der Waals surface area contributed by atoms with E-state index in [1.807, 2.05) is 37.3 Å². The molecule has 2 atom stereocenters. The van der Waals surface area contributed by atoms with E-state index in [9.17, 15) is 4.79 Å². The standard InChI is InChI=1S/C22H23BrN4O/c1-15-22(21(28)27(24-15)18-6-4-3-5-7-18)13-16-12-17(23)8-9-19(16)26-11-10-25(2)14-20(22)26/h3-9,12,20H,10-11,13-14H2,1-2H3/t20-,22-/m1/s1. The molecule has 2 aromatic carbocycles. The van der Waals surface area contributed by atoms with Crippen LogP contribution in [0.2, 0.25) is 0 Å². The maximum Gasteiger partial charge on any atom is 0.261 e. The first kappa shape index (κ1) is 17.9. The van der Waals surface area contributed by atoms with Crippen LogP contribution in [-0.2, 0) is 11.2 Å². The summed E-state index contributed by atoms with van der Waals surface area (Å²) < 4.78 is 1.05. The molecule has 1 spiro atoms. The SMILES string of the molecule is CC1=NN(c2ccccc2)C(=O)[C@]12Cc1cc(Br)ccc1N1CCN(C)C[C@@H]12. The summed E-state index contributed by atoms with van der Waals surface area (Å²) in [6, 6.07) is 16.3. The van der Waals surface area contributed by atoms with E-state index in [0.29, 0.717) is 6.42 Å². The third kappa shape index (κ3) is 2.47. The molecule has 3 heterocycles. The summed E-state index contributed by atoms with van der Waals surface area (Å²) in [6.45, 7) is 4.80. The lowest BCUT2D eigenvalue weighted by Crippen LogP contribution is -2.66. The minimum absolute atomic E-state index is 0.0879. The molecule has 0 radical (unpaired) electrons. The van der Waals surface area contributed by atoms with Crippen molar-refractivity contribution in [1.82, 2.24) is 4.90 Å². The normalized spacial score (nSPS) is 27.0. The minimum atomic E-state index is -0.627. The van der Waals surface area contributed by atoms with E-state index >= 15 is 0 Å². The van der Waals surface area contributed by atoms with Gasteiger partial charge in [0.05, 0.1) is 17.4 Å². The average molecular weight is 439 g/mol. The van der Waals surface area contributed by atoms with Gasteiger partial charge in [-0.1, -0.05) is 34.1 Å². The average Bonchev–Trinajstić information content (AvgIpc) is 2.94. The van der Waals surface area contributed by atoms with Crippen molar-refractivity contribution in [3.63, 3.8) is 0 Å². The molecular weight excluding hydrogens is 416 g/mol. The quantitative estimate of drug-likeness (QED) is 0.683. The van der Waals surface area contributed by atoms with Gasteiger partial charge in [-0.15, -0.1) is 0 Å². The number of nitrogens with zero attached hydrogens (tertiary/aromatic N) is 4. The summed E-state index contributed by atoms with van der Waals surface area (Å²) >= 11 is 3.61. The molecule has 5 rings (SSSR count). The molecule has 0 aliphatic carbocycles. The molecule has 6 heteroatoms. The Balaban J connectivity index is 1.65. The van der Waals surface area contributed by atoms with Crippen LogP contribution >= 0.6 is 15.9 Å². The molecule has 1 saturated heterocycles. The number of hydrazone groups is 1. The van der Waals surface area contributed by atoms with E-state index in [0.717, 1.165) is 35.5 Å². The number of para-hydroxylation sites is 1. The Bertz CT molecular complexity index is 976. The van der Waals surface area contributed by atoms with Gasteiger partial charge in [-0.05, 0) is 56.3 Å². The second-order valence-corrected chi connectivity index (χ2v) is 8.95. The summed E-state index contributed by atoms with van der Waals surface area (Å²) in [4.78, 5) is 18.7. The molecule has 3 aliphatic heterocycles. The van der Waals surface area contributed by atoms with Crippen LogP contribution in [0.3, 0.4) is 0 Å². The second-order valence-electron chi connectivity index (χ2n) is 8.03. The molecular formula is C22H23BrN4O. The topological polar surface area (TPSA) is 39.2 Å². The fourth-order valence-electron chi connectivity index (χ4n) is 4.98. The van der Waals surface area contributed by atoms with E-state index in [2.05, 4.69) is 51.0 Å². The number of fused-ring (bicyclic) bond motifs is 4. The predicted octanol–water partition coefficient (Wildman–Crippen LogP) is 3.53. The van der Waals surface area contributed by atoms with Crippen LogP contribution in [0, 0.1) is 5.41 Å². The second kappa shape index (κ2) is 6.42. The predicted molar refractivity (Wildman–Crippen MR) is 116 cm³/mol. The molecule has 2 aromatic rings. The van der Waals surface area contributed by atoms with Crippen LogP contribution in [-0.4, -0.2) is 49.2 Å². The van der Waals surface area contributed by atoms with Gasteiger partial charge in [-0.25, -0.2) is 0 Å². The van der Waals surface area contributed by atoms with Crippen molar-refractivity contribution in [2.45, 2.75) is 19.4 Å². The largest absolute Gasteiger partial charge is 0.364 e. The summed E-state index contributed by atoms with van der Waals surface area (Å²) in [5.74, 6) is 0.0899. The first-order valence-corrected chi connectivity index (χ1v) is 10.5. The molecule has 144 valence electrons. The lowest BCUT2D eigenvalue weighted by atomic mass is 9.67. The number of anilines is 2. The highest BCUT2D eigenvalue weighted by Crippen LogP contribution is 2.48. The highest BCUT2D eigenvalue weighted by atomic mass is 79.9. The van der Waals surface area contributed by atoms with Crippen molar-refractivity contribution < 1.29 is 4.79 Å². The van der Waals surface area contributed by atoms with Crippen molar-refractivity contribution >= 4 is 38.9 Å². The molecule has 1 fully saturated rings. The molecule has 0 bridgehead atoms. The number of carbonyl (C=O) groups is 1. The van der Waals surface area contributed by atoms with Crippen molar-refractivity contribution in [3.05, 3.63) is 58.6 Å². The fourth-order valence-corrected chi connectivity index (χ4v) is 5.39. The van der Waals surface area contributed by atoms with E-state index in [1.54, 1.807) is 5.01 Å². The Hall–Kier alpha value is -2.18. The highest BCUT2D eigenvalue weighted by Gasteiger charge is 2.59. The Morgan fingerprint density at radius 1 is 1.14 bits per heavy atom. The van der Waals surface area contributed by atoms with E-state index in [4.69, 9.17) is 5.10 Å². The number of likely N-dealkylation sites (N-methyl/N-ethyl adjacent to an activating group) is 1. The van der Waals surface area contributed by atoms with Crippen LogP contribution in [0.4, 0.5) is 11.4 Å². The lowest BCUT2D eigenvalue weighted by molar-refractivity contribution is -0.125. The van der Waals surface area contributed by atoms with Crippen molar-refractivity contribution in [2.24, 2.45) is 10.5 Å². The van der Waals surface area contributed by atoms with Gasteiger partial charge in [0.15, 0.2) is 0 Å². The smallest absolute Gasteiger partial charge is 0.261 e. The van der Waals surface area contributed by atoms with E-state index in [-0.39, 0.29) is 11.9 Å². The Morgan fingerprint density at radius 2 is 1.93 bits per heavy atom. The van der Waals surface area contributed by atoms with Gasteiger partial charge in [0.2, 0.25) is 0 Å². The lowest BCUT2D eigenvalue weighted by Gasteiger charge is -2.52. The molecule has 5 nitrogen and oxygen atoms in total. The number of carbonyl (C=O) groups excluding carboxylic acids is 1. The van der Waals surface area contributed by atoms with E-state index in [1.165, 1.54) is 11.3 Å². The van der Waals surface area contributed by atoms with Crippen molar-refractivity contribution in [1.29, 1.82) is 0 Å². The molecule has 0 unspecified atom stereocenters. The Kier molecular flexibility index (Phi) is 4.10. The third-order valence-corrected chi connectivity index (χ3v) is 6.94. The molecule has 3 aliphatic rings. The summed E-state index contributed by atoms with van der Waals surface area (Å²) in [5, 5.41) is 6.39. The molecule has 0 aromatic heterocycles. The minimum Gasteiger partial charge on any atom is -0.364 e. The Morgan fingerprint density at radius 3 is 2.71 bits per heavy atom. The maximum atomic E-state index is 13.9. The summed E-state index contributed by atoms with van der Waals surface area (Å²) in [5.41, 5.74) is 3.59. The zero-order valence-corrected chi connectivity index (χ0v) is 17.7. The zero-order valence-electron chi connectivity index (χ0n) is 16.1. The monoisotopic (exact) mass is 438 g/mol. The first-order chi connectivity index (χ1) is 13.5. The van der Waals surface area contributed by atoms with Crippen LogP contribution in [0.25, 0.3) is 0 Å². The first-order valence-electron chi connectivity index (χ1n) is 9.69. The molecule has 28 heavy (non-hydrogen) atoms. The van der Waals surface area contributed by atoms with Crippen LogP contribution in [0.15, 0.2) is 58.1 Å². The van der Waals surface area contributed by atoms with Gasteiger partial charge >= 0.3 is 0 Å². The van der Waals surface area contributed by atoms with Gasteiger partial charge < -0.3 is 9.80 Å². The number of rotatable bonds is 1. The van der Waals surface area contributed by atoms with Gasteiger partial charge in [0.25, 0.3) is 5.91 Å². The zero-order chi connectivity index (χ0) is 19.5. The molecule has 1 amide bonds. The van der Waals surface area contributed by atoms with Gasteiger partial charge in [-0.2, -0.15) is 10.1 Å². The van der Waals surface area contributed by atoms with Crippen molar-refractivity contribution in [3.8, 4) is 0 Å². The highest BCUT2D eigenvalue weighted by molar-refractivity contribution is 9.10. The number of amides is 1. The third-order valence-electron chi connectivity index (χ3n) is 6.44. The summed E-state index contributed by atoms with van der Waals surface area (Å²) in [6.07, 6.45) is 0.689. The number of hydrogen-bond acceptors (Lipinski definition) is 4. The van der Waals surface area contributed by atoms with E-state index < -0.39 is 5.41 Å². The van der Waals surface area contributed by atoms with Gasteiger partial charge in [0.1, 0.15) is 5.41 Å². The van der Waals surface area contributed by atoms with Crippen LogP contribution in [0.5, 0.6) is 0 Å². The fraction of sp³-hybridized carbons (Fsp3) is 0.364. The number of benzene rings is 2. The van der Waals surface area contributed by atoms with Crippen LogP contribution < -0.4 is 9.91 Å². The van der Waals surface area contributed by atoms with Gasteiger partial charge in [0, 0.05) is 29.8 Å². The summed E-state index contributed by atoms with van der Waals surface area (Å²) in [7, 11) is 2.14. The molecule has 0 saturated carbocycles.